The zero-order valence-corrected chi connectivity index (χ0v) is 12.0. The van der Waals surface area contributed by atoms with E-state index in [4.69, 9.17) is 11.6 Å². The first kappa shape index (κ1) is 14.2. The Kier molecular flexibility index (Phi) is 5.69. The molecule has 1 heterocycles. The van der Waals surface area contributed by atoms with Gasteiger partial charge < -0.3 is 4.90 Å². The predicted molar refractivity (Wildman–Crippen MR) is 73.9 cm³/mol. The molecule has 1 rings (SSSR count). The number of hydrogen-bond donors (Lipinski definition) is 0. The fraction of sp³-hybridized carbons (Fsp3) is 0.692. The molecule has 0 aliphatic carbocycles. The zero-order chi connectivity index (χ0) is 12.8. The number of rotatable bonds is 6. The van der Waals surface area contributed by atoms with E-state index in [9.17, 15) is 0 Å². The van der Waals surface area contributed by atoms with E-state index in [-0.39, 0.29) is 0 Å². The fourth-order valence-corrected chi connectivity index (χ4v) is 1.83. The molecule has 0 bridgehead atoms. The number of hydrogen-bond acceptors (Lipinski definition) is 3. The van der Waals surface area contributed by atoms with Crippen molar-refractivity contribution in [2.75, 3.05) is 18.5 Å². The minimum Gasteiger partial charge on any atom is -0.372 e. The van der Waals surface area contributed by atoms with Crippen LogP contribution in [0.5, 0.6) is 0 Å². The van der Waals surface area contributed by atoms with Crippen LogP contribution in [0.15, 0.2) is 6.20 Å². The maximum Gasteiger partial charge on any atom is 0.131 e. The Bertz CT molecular complexity index is 353. The molecule has 0 aliphatic heterocycles. The van der Waals surface area contributed by atoms with Gasteiger partial charge in [-0.2, -0.15) is 0 Å². The molecule has 0 spiro atoms. The van der Waals surface area contributed by atoms with Gasteiger partial charge in [-0.05, 0) is 6.42 Å². The Morgan fingerprint density at radius 2 is 2.12 bits per heavy atom. The number of halogens is 1. The summed E-state index contributed by atoms with van der Waals surface area (Å²) in [6, 6.07) is 0. The van der Waals surface area contributed by atoms with Crippen molar-refractivity contribution in [3.05, 3.63) is 17.7 Å². The summed E-state index contributed by atoms with van der Waals surface area (Å²) in [5, 5.41) is 0. The standard InChI is InChI=1S/C13H22ClN3/c1-5-6-7-17(4)12-9-15-13(10(2)3)16-11(12)8-14/h9-10H,5-8H2,1-4H3. The van der Waals surface area contributed by atoms with Crippen molar-refractivity contribution in [3.8, 4) is 0 Å². The average molecular weight is 256 g/mol. The van der Waals surface area contributed by atoms with Gasteiger partial charge in [0.05, 0.1) is 23.5 Å². The van der Waals surface area contributed by atoms with Crippen molar-refractivity contribution in [3.63, 3.8) is 0 Å². The van der Waals surface area contributed by atoms with E-state index in [1.165, 1.54) is 12.8 Å². The van der Waals surface area contributed by atoms with Crippen LogP contribution < -0.4 is 4.90 Å². The van der Waals surface area contributed by atoms with Gasteiger partial charge in [-0.3, -0.25) is 0 Å². The third-order valence-electron chi connectivity index (χ3n) is 2.77. The zero-order valence-electron chi connectivity index (χ0n) is 11.2. The molecule has 17 heavy (non-hydrogen) atoms. The molecular formula is C13H22ClN3. The minimum absolute atomic E-state index is 0.340. The second kappa shape index (κ2) is 6.80. The number of aromatic nitrogens is 2. The highest BCUT2D eigenvalue weighted by Gasteiger charge is 2.11. The van der Waals surface area contributed by atoms with Crippen LogP contribution in [0.1, 0.15) is 51.0 Å². The van der Waals surface area contributed by atoms with Crippen molar-refractivity contribution in [1.82, 2.24) is 9.97 Å². The molecule has 0 saturated carbocycles. The summed E-state index contributed by atoms with van der Waals surface area (Å²) in [7, 11) is 2.07. The Balaban J connectivity index is 2.91. The van der Waals surface area contributed by atoms with Crippen LogP contribution >= 0.6 is 11.6 Å². The van der Waals surface area contributed by atoms with Crippen molar-refractivity contribution in [2.45, 2.75) is 45.4 Å². The molecule has 0 aromatic carbocycles. The van der Waals surface area contributed by atoms with Crippen LogP contribution in [0, 0.1) is 0 Å². The van der Waals surface area contributed by atoms with E-state index in [2.05, 4.69) is 42.7 Å². The van der Waals surface area contributed by atoms with Gasteiger partial charge >= 0.3 is 0 Å². The van der Waals surface area contributed by atoms with Crippen molar-refractivity contribution in [1.29, 1.82) is 0 Å². The molecule has 0 atom stereocenters. The second-order valence-electron chi connectivity index (χ2n) is 4.62. The van der Waals surface area contributed by atoms with Crippen LogP contribution in [0.2, 0.25) is 0 Å². The van der Waals surface area contributed by atoms with Crippen LogP contribution in [0.3, 0.4) is 0 Å². The Morgan fingerprint density at radius 1 is 1.41 bits per heavy atom. The third-order valence-corrected chi connectivity index (χ3v) is 3.02. The van der Waals surface area contributed by atoms with Crippen LogP contribution in [0.25, 0.3) is 0 Å². The number of nitrogens with zero attached hydrogens (tertiary/aromatic N) is 3. The maximum atomic E-state index is 5.97. The molecule has 0 aliphatic rings. The summed E-state index contributed by atoms with van der Waals surface area (Å²) < 4.78 is 0. The number of unbranched alkanes of at least 4 members (excludes halogenated alkanes) is 1. The summed E-state index contributed by atoms with van der Waals surface area (Å²) >= 11 is 5.97. The van der Waals surface area contributed by atoms with E-state index in [0.717, 1.165) is 23.8 Å². The SMILES string of the molecule is CCCCN(C)c1cnc(C(C)C)nc1CCl. The van der Waals surface area contributed by atoms with E-state index < -0.39 is 0 Å². The monoisotopic (exact) mass is 255 g/mol. The summed E-state index contributed by atoms with van der Waals surface area (Å²) in [4.78, 5) is 11.1. The molecule has 1 aromatic heterocycles. The number of alkyl halides is 1. The molecule has 0 unspecified atom stereocenters. The first-order chi connectivity index (χ1) is 8.10. The van der Waals surface area contributed by atoms with E-state index >= 15 is 0 Å². The lowest BCUT2D eigenvalue weighted by Crippen LogP contribution is -2.21. The van der Waals surface area contributed by atoms with Gasteiger partial charge in [-0.25, -0.2) is 9.97 Å². The van der Waals surface area contributed by atoms with E-state index in [1.54, 1.807) is 0 Å². The van der Waals surface area contributed by atoms with Crippen LogP contribution in [-0.2, 0) is 5.88 Å². The highest BCUT2D eigenvalue weighted by Crippen LogP contribution is 2.21. The van der Waals surface area contributed by atoms with Gasteiger partial charge in [-0.15, -0.1) is 11.6 Å². The van der Waals surface area contributed by atoms with Gasteiger partial charge in [-0.1, -0.05) is 27.2 Å². The van der Waals surface area contributed by atoms with Gasteiger partial charge in [0, 0.05) is 19.5 Å². The van der Waals surface area contributed by atoms with Crippen LogP contribution in [0.4, 0.5) is 5.69 Å². The highest BCUT2D eigenvalue weighted by molar-refractivity contribution is 6.17. The van der Waals surface area contributed by atoms with Crippen LogP contribution in [-0.4, -0.2) is 23.6 Å². The Hall–Kier alpha value is -0.830. The molecule has 0 N–H and O–H groups in total. The minimum atomic E-state index is 0.340. The molecule has 0 amide bonds. The maximum absolute atomic E-state index is 5.97. The summed E-state index contributed by atoms with van der Waals surface area (Å²) in [5.74, 6) is 1.65. The largest absolute Gasteiger partial charge is 0.372 e. The summed E-state index contributed by atoms with van der Waals surface area (Å²) in [6.07, 6.45) is 4.26. The molecular weight excluding hydrogens is 234 g/mol. The first-order valence-corrected chi connectivity index (χ1v) is 6.76. The average Bonchev–Trinajstić information content (AvgIpc) is 2.34. The molecule has 0 radical (unpaired) electrons. The quantitative estimate of drug-likeness (QED) is 0.728. The molecule has 3 nitrogen and oxygen atoms in total. The van der Waals surface area contributed by atoms with E-state index in [1.807, 2.05) is 6.20 Å². The molecule has 0 saturated heterocycles. The third kappa shape index (κ3) is 3.84. The second-order valence-corrected chi connectivity index (χ2v) is 4.89. The van der Waals surface area contributed by atoms with Crippen molar-refractivity contribution >= 4 is 17.3 Å². The Morgan fingerprint density at radius 3 is 2.65 bits per heavy atom. The summed E-state index contributed by atoms with van der Waals surface area (Å²) in [5.41, 5.74) is 1.99. The van der Waals surface area contributed by atoms with E-state index in [0.29, 0.717) is 11.8 Å². The normalized spacial score (nSPS) is 10.9. The van der Waals surface area contributed by atoms with Crippen molar-refractivity contribution in [2.24, 2.45) is 0 Å². The predicted octanol–water partition coefficient (Wildman–Crippen LogP) is 3.58. The molecule has 96 valence electrons. The lowest BCUT2D eigenvalue weighted by molar-refractivity contribution is 0.740. The summed E-state index contributed by atoms with van der Waals surface area (Å²) in [6.45, 7) is 7.39. The van der Waals surface area contributed by atoms with Gasteiger partial charge in [0.2, 0.25) is 0 Å². The number of anilines is 1. The smallest absolute Gasteiger partial charge is 0.131 e. The molecule has 0 fully saturated rings. The van der Waals surface area contributed by atoms with Crippen molar-refractivity contribution < 1.29 is 0 Å². The Labute approximate surface area is 109 Å². The lowest BCUT2D eigenvalue weighted by Gasteiger charge is -2.21. The highest BCUT2D eigenvalue weighted by atomic mass is 35.5. The molecule has 4 heteroatoms. The molecule has 1 aromatic rings. The topological polar surface area (TPSA) is 29.0 Å². The lowest BCUT2D eigenvalue weighted by atomic mass is 10.2. The van der Waals surface area contributed by atoms with Gasteiger partial charge in [0.1, 0.15) is 5.82 Å². The van der Waals surface area contributed by atoms with Gasteiger partial charge in [0.15, 0.2) is 0 Å². The van der Waals surface area contributed by atoms with Gasteiger partial charge in [0.25, 0.3) is 0 Å². The fourth-order valence-electron chi connectivity index (χ4n) is 1.64. The first-order valence-electron chi connectivity index (χ1n) is 6.23.